The maximum Gasteiger partial charge on any atom is 0.221 e. The number of carbonyl (C=O) groups is 1. The lowest BCUT2D eigenvalue weighted by Gasteiger charge is -2.04. The van der Waals surface area contributed by atoms with Gasteiger partial charge in [0.15, 0.2) is 0 Å². The maximum absolute atomic E-state index is 11.3. The van der Waals surface area contributed by atoms with Gasteiger partial charge in [-0.3, -0.25) is 4.79 Å². The first kappa shape index (κ1) is 13.1. The number of thiazole rings is 1. The topological polar surface area (TPSA) is 63.2 Å². The Morgan fingerprint density at radius 3 is 3.12 bits per heavy atom. The van der Waals surface area contributed by atoms with E-state index >= 15 is 0 Å². The highest BCUT2D eigenvalue weighted by Gasteiger charge is 2.00. The van der Waals surface area contributed by atoms with Crippen LogP contribution in [0.5, 0.6) is 0 Å². The Hall–Kier alpha value is -0.980. The van der Waals surface area contributed by atoms with E-state index < -0.39 is 0 Å². The van der Waals surface area contributed by atoms with E-state index in [-0.39, 0.29) is 5.91 Å². The Kier molecular flexibility index (Phi) is 6.71. The van der Waals surface area contributed by atoms with E-state index in [0.29, 0.717) is 26.1 Å². The van der Waals surface area contributed by atoms with Crippen LogP contribution in [-0.2, 0) is 16.1 Å². The van der Waals surface area contributed by atoms with Crippen molar-refractivity contribution < 1.29 is 9.53 Å². The summed E-state index contributed by atoms with van der Waals surface area (Å²) in [7, 11) is 1.61. The van der Waals surface area contributed by atoms with Crippen molar-refractivity contribution in [2.75, 3.05) is 26.8 Å². The molecule has 1 amide bonds. The van der Waals surface area contributed by atoms with Crippen molar-refractivity contribution in [2.24, 2.45) is 0 Å². The van der Waals surface area contributed by atoms with Gasteiger partial charge in [0.2, 0.25) is 5.91 Å². The van der Waals surface area contributed by atoms with Gasteiger partial charge in [-0.1, -0.05) is 0 Å². The molecule has 16 heavy (non-hydrogen) atoms. The molecule has 0 bridgehead atoms. The molecular weight excluding hydrogens is 226 g/mol. The van der Waals surface area contributed by atoms with Gasteiger partial charge in [-0.15, -0.1) is 11.3 Å². The molecule has 1 aromatic heterocycles. The lowest BCUT2D eigenvalue weighted by molar-refractivity contribution is -0.121. The van der Waals surface area contributed by atoms with E-state index in [1.165, 1.54) is 0 Å². The Bertz CT molecular complexity index is 290. The summed E-state index contributed by atoms with van der Waals surface area (Å²) >= 11 is 1.61. The second-order valence-electron chi connectivity index (χ2n) is 3.20. The van der Waals surface area contributed by atoms with Crippen LogP contribution >= 0.6 is 11.3 Å². The van der Waals surface area contributed by atoms with E-state index in [1.807, 2.05) is 5.38 Å². The standard InChI is InChI=1S/C10H17N3O2S/c1-15-6-4-12-9(14)2-3-11-8-10-13-5-7-16-10/h5,7,11H,2-4,6,8H2,1H3,(H,12,14). The molecule has 0 aliphatic carbocycles. The molecule has 1 heterocycles. The average molecular weight is 243 g/mol. The number of methoxy groups -OCH3 is 1. The molecule has 1 aromatic rings. The molecule has 0 aromatic carbocycles. The van der Waals surface area contributed by atoms with Crippen molar-refractivity contribution in [2.45, 2.75) is 13.0 Å². The minimum absolute atomic E-state index is 0.0451. The number of nitrogens with zero attached hydrogens (tertiary/aromatic N) is 1. The van der Waals surface area contributed by atoms with E-state index in [1.54, 1.807) is 24.6 Å². The number of nitrogens with one attached hydrogen (secondary N) is 2. The predicted octanol–water partition coefficient (Wildman–Crippen LogP) is 0.385. The van der Waals surface area contributed by atoms with Gasteiger partial charge < -0.3 is 15.4 Å². The molecule has 0 saturated heterocycles. The highest BCUT2D eigenvalue weighted by Crippen LogP contribution is 2.02. The summed E-state index contributed by atoms with van der Waals surface area (Å²) in [4.78, 5) is 15.4. The third-order valence-electron chi connectivity index (χ3n) is 1.92. The zero-order valence-electron chi connectivity index (χ0n) is 9.36. The second-order valence-corrected chi connectivity index (χ2v) is 4.17. The zero-order valence-corrected chi connectivity index (χ0v) is 10.2. The molecule has 0 saturated carbocycles. The van der Waals surface area contributed by atoms with Crippen LogP contribution in [0.4, 0.5) is 0 Å². The van der Waals surface area contributed by atoms with Crippen LogP contribution in [0.15, 0.2) is 11.6 Å². The van der Waals surface area contributed by atoms with Gasteiger partial charge in [0.05, 0.1) is 6.61 Å². The van der Waals surface area contributed by atoms with Crippen LogP contribution in [0.3, 0.4) is 0 Å². The average Bonchev–Trinajstić information content (AvgIpc) is 2.78. The van der Waals surface area contributed by atoms with Gasteiger partial charge in [0, 0.05) is 44.7 Å². The van der Waals surface area contributed by atoms with Crippen molar-refractivity contribution >= 4 is 17.2 Å². The van der Waals surface area contributed by atoms with Gasteiger partial charge in [0.25, 0.3) is 0 Å². The lowest BCUT2D eigenvalue weighted by Crippen LogP contribution is -2.29. The first-order valence-corrected chi connectivity index (χ1v) is 6.05. The van der Waals surface area contributed by atoms with Gasteiger partial charge in [0.1, 0.15) is 5.01 Å². The summed E-state index contributed by atoms with van der Waals surface area (Å²) in [5, 5.41) is 8.91. The van der Waals surface area contributed by atoms with Crippen molar-refractivity contribution in [3.8, 4) is 0 Å². The third kappa shape index (κ3) is 5.79. The smallest absolute Gasteiger partial charge is 0.221 e. The van der Waals surface area contributed by atoms with E-state index in [4.69, 9.17) is 4.74 Å². The second kappa shape index (κ2) is 8.20. The zero-order chi connectivity index (χ0) is 11.6. The van der Waals surface area contributed by atoms with E-state index in [2.05, 4.69) is 15.6 Å². The lowest BCUT2D eigenvalue weighted by atomic mass is 10.4. The highest BCUT2D eigenvalue weighted by molar-refractivity contribution is 7.09. The molecule has 0 radical (unpaired) electrons. The number of rotatable bonds is 8. The monoisotopic (exact) mass is 243 g/mol. The fourth-order valence-electron chi connectivity index (χ4n) is 1.12. The molecular formula is C10H17N3O2S. The molecule has 0 fully saturated rings. The van der Waals surface area contributed by atoms with Crippen molar-refractivity contribution in [1.82, 2.24) is 15.6 Å². The van der Waals surface area contributed by atoms with Crippen LogP contribution in [0.25, 0.3) is 0 Å². The summed E-state index contributed by atoms with van der Waals surface area (Å²) in [6.45, 7) is 2.52. The normalized spacial score (nSPS) is 10.3. The number of aromatic nitrogens is 1. The summed E-state index contributed by atoms with van der Waals surface area (Å²) in [6.07, 6.45) is 2.26. The molecule has 2 N–H and O–H groups in total. The molecule has 1 rings (SSSR count). The van der Waals surface area contributed by atoms with Gasteiger partial charge in [-0.25, -0.2) is 4.98 Å². The quantitative estimate of drug-likeness (QED) is 0.648. The minimum atomic E-state index is 0.0451. The van der Waals surface area contributed by atoms with E-state index in [0.717, 1.165) is 11.6 Å². The number of hydrogen-bond acceptors (Lipinski definition) is 5. The van der Waals surface area contributed by atoms with Crippen LogP contribution < -0.4 is 10.6 Å². The Morgan fingerprint density at radius 2 is 2.44 bits per heavy atom. The predicted molar refractivity (Wildman–Crippen MR) is 63.3 cm³/mol. The number of ether oxygens (including phenoxy) is 1. The molecule has 0 aliphatic heterocycles. The summed E-state index contributed by atoms with van der Waals surface area (Å²) in [6, 6.07) is 0. The van der Waals surface area contributed by atoms with Crippen molar-refractivity contribution in [1.29, 1.82) is 0 Å². The Morgan fingerprint density at radius 1 is 1.56 bits per heavy atom. The summed E-state index contributed by atoms with van der Waals surface area (Å²) in [5.41, 5.74) is 0. The van der Waals surface area contributed by atoms with Crippen LogP contribution in [-0.4, -0.2) is 37.7 Å². The van der Waals surface area contributed by atoms with Gasteiger partial charge in [-0.2, -0.15) is 0 Å². The van der Waals surface area contributed by atoms with Crippen LogP contribution in [0.1, 0.15) is 11.4 Å². The molecule has 90 valence electrons. The van der Waals surface area contributed by atoms with Gasteiger partial charge in [-0.05, 0) is 0 Å². The molecule has 0 unspecified atom stereocenters. The Labute approximate surface area is 99.2 Å². The first-order chi connectivity index (χ1) is 7.83. The van der Waals surface area contributed by atoms with Gasteiger partial charge >= 0.3 is 0 Å². The minimum Gasteiger partial charge on any atom is -0.383 e. The Balaban J connectivity index is 1.96. The summed E-state index contributed by atoms with van der Waals surface area (Å²) < 4.78 is 4.83. The van der Waals surface area contributed by atoms with Crippen molar-refractivity contribution in [3.05, 3.63) is 16.6 Å². The number of carbonyl (C=O) groups excluding carboxylic acids is 1. The van der Waals surface area contributed by atoms with Crippen LogP contribution in [0.2, 0.25) is 0 Å². The number of amides is 1. The van der Waals surface area contributed by atoms with Crippen LogP contribution in [0, 0.1) is 0 Å². The first-order valence-electron chi connectivity index (χ1n) is 5.17. The largest absolute Gasteiger partial charge is 0.383 e. The van der Waals surface area contributed by atoms with Crippen molar-refractivity contribution in [3.63, 3.8) is 0 Å². The van der Waals surface area contributed by atoms with E-state index in [9.17, 15) is 4.79 Å². The fourth-order valence-corrected chi connectivity index (χ4v) is 1.70. The fraction of sp³-hybridized carbons (Fsp3) is 0.600. The molecule has 5 nitrogen and oxygen atoms in total. The molecule has 0 aliphatic rings. The third-order valence-corrected chi connectivity index (χ3v) is 2.70. The molecule has 6 heteroatoms. The number of hydrogen-bond donors (Lipinski definition) is 2. The summed E-state index contributed by atoms with van der Waals surface area (Å²) in [5.74, 6) is 0.0451. The molecule has 0 spiro atoms. The SMILES string of the molecule is COCCNC(=O)CCNCc1nccs1. The maximum atomic E-state index is 11.3. The molecule has 0 atom stereocenters. The highest BCUT2D eigenvalue weighted by atomic mass is 32.1.